The van der Waals surface area contributed by atoms with Crippen molar-refractivity contribution in [2.45, 2.75) is 45.4 Å². The minimum atomic E-state index is 0.752. The van der Waals surface area contributed by atoms with Crippen LogP contribution in [0.4, 0.5) is 0 Å². The zero-order valence-corrected chi connectivity index (χ0v) is 9.20. The lowest BCUT2D eigenvalue weighted by Gasteiger charge is -2.32. The molecule has 1 saturated carbocycles. The summed E-state index contributed by atoms with van der Waals surface area (Å²) < 4.78 is 5.17. The van der Waals surface area contributed by atoms with Crippen LogP contribution in [0.5, 0.6) is 0 Å². The van der Waals surface area contributed by atoms with Crippen molar-refractivity contribution in [1.82, 2.24) is 0 Å². The van der Waals surface area contributed by atoms with Gasteiger partial charge in [-0.15, -0.1) is 0 Å². The van der Waals surface area contributed by atoms with Crippen molar-refractivity contribution in [2.75, 3.05) is 0 Å². The van der Waals surface area contributed by atoms with Crippen LogP contribution in [0.2, 0.25) is 0 Å². The summed E-state index contributed by atoms with van der Waals surface area (Å²) in [5.74, 6) is 2.56. The lowest BCUT2D eigenvalue weighted by molar-refractivity contribution is 0.246. The Kier molecular flexibility index (Phi) is 2.95. The Morgan fingerprint density at radius 1 is 1.36 bits per heavy atom. The van der Waals surface area contributed by atoms with E-state index in [0.717, 1.165) is 17.8 Å². The van der Waals surface area contributed by atoms with Crippen molar-refractivity contribution in [3.05, 3.63) is 24.2 Å². The van der Waals surface area contributed by atoms with Gasteiger partial charge >= 0.3 is 0 Å². The molecule has 0 aromatic carbocycles. The summed E-state index contributed by atoms with van der Waals surface area (Å²) in [5.41, 5.74) is 1.41. The van der Waals surface area contributed by atoms with Crippen LogP contribution in [0.1, 0.15) is 51.0 Å². The first-order valence-corrected chi connectivity index (χ1v) is 5.81. The molecule has 0 N–H and O–H groups in total. The number of rotatable bonds is 2. The van der Waals surface area contributed by atoms with E-state index in [4.69, 9.17) is 4.42 Å². The molecule has 1 aromatic rings. The molecule has 1 heteroatoms. The van der Waals surface area contributed by atoms with Crippen molar-refractivity contribution in [2.24, 2.45) is 11.8 Å². The highest BCUT2D eigenvalue weighted by Gasteiger charge is 2.26. The molecular weight excluding hydrogens is 172 g/mol. The lowest BCUT2D eigenvalue weighted by Crippen LogP contribution is -2.19. The van der Waals surface area contributed by atoms with E-state index < -0.39 is 0 Å². The maximum Gasteiger partial charge on any atom is 0.0937 e. The Morgan fingerprint density at radius 3 is 2.86 bits per heavy atom. The van der Waals surface area contributed by atoms with Crippen LogP contribution < -0.4 is 0 Å². The molecule has 0 spiro atoms. The number of hydrogen-bond donors (Lipinski definition) is 0. The molecule has 0 aliphatic heterocycles. The SMILES string of the molecule is CCC1CC(C)CC(c2ccoc2)C1. The van der Waals surface area contributed by atoms with Crippen LogP contribution in [-0.4, -0.2) is 0 Å². The summed E-state index contributed by atoms with van der Waals surface area (Å²) in [6.07, 6.45) is 9.19. The molecule has 0 bridgehead atoms. The fraction of sp³-hybridized carbons (Fsp3) is 0.692. The first-order valence-electron chi connectivity index (χ1n) is 5.81. The van der Waals surface area contributed by atoms with Crippen LogP contribution in [-0.2, 0) is 0 Å². The van der Waals surface area contributed by atoms with E-state index >= 15 is 0 Å². The second-order valence-corrected chi connectivity index (χ2v) is 4.84. The second-order valence-electron chi connectivity index (χ2n) is 4.84. The van der Waals surface area contributed by atoms with Crippen LogP contribution >= 0.6 is 0 Å². The standard InChI is InChI=1S/C13H20O/c1-3-11-6-10(2)7-13(8-11)12-4-5-14-9-12/h4-5,9-11,13H,3,6-8H2,1-2H3. The van der Waals surface area contributed by atoms with E-state index in [1.807, 2.05) is 6.26 Å². The van der Waals surface area contributed by atoms with Gasteiger partial charge in [0.15, 0.2) is 0 Å². The third-order valence-corrected chi connectivity index (χ3v) is 3.63. The third kappa shape index (κ3) is 2.02. The van der Waals surface area contributed by atoms with Gasteiger partial charge in [0.25, 0.3) is 0 Å². The Bertz CT molecular complexity index is 263. The smallest absolute Gasteiger partial charge is 0.0937 e. The van der Waals surface area contributed by atoms with Gasteiger partial charge in [-0.05, 0) is 48.6 Å². The van der Waals surface area contributed by atoms with Gasteiger partial charge in [-0.1, -0.05) is 20.3 Å². The molecule has 3 atom stereocenters. The molecule has 14 heavy (non-hydrogen) atoms. The van der Waals surface area contributed by atoms with Gasteiger partial charge in [-0.3, -0.25) is 0 Å². The van der Waals surface area contributed by atoms with Gasteiger partial charge in [0.2, 0.25) is 0 Å². The van der Waals surface area contributed by atoms with E-state index in [1.54, 1.807) is 6.26 Å². The molecule has 3 unspecified atom stereocenters. The summed E-state index contributed by atoms with van der Waals surface area (Å²) in [5, 5.41) is 0. The quantitative estimate of drug-likeness (QED) is 0.684. The van der Waals surface area contributed by atoms with E-state index in [0.29, 0.717) is 0 Å². The molecule has 1 aliphatic carbocycles. The largest absolute Gasteiger partial charge is 0.472 e. The molecule has 2 rings (SSSR count). The maximum atomic E-state index is 5.17. The van der Waals surface area contributed by atoms with E-state index in [2.05, 4.69) is 19.9 Å². The second kappa shape index (κ2) is 4.20. The minimum Gasteiger partial charge on any atom is -0.472 e. The molecule has 0 radical (unpaired) electrons. The molecule has 1 heterocycles. The molecular formula is C13H20O. The molecule has 1 nitrogen and oxygen atoms in total. The normalized spacial score (nSPS) is 33.1. The lowest BCUT2D eigenvalue weighted by atomic mass is 9.73. The highest BCUT2D eigenvalue weighted by atomic mass is 16.3. The third-order valence-electron chi connectivity index (χ3n) is 3.63. The highest BCUT2D eigenvalue weighted by Crippen LogP contribution is 2.40. The molecule has 1 aromatic heterocycles. The predicted octanol–water partition coefficient (Wildman–Crippen LogP) is 4.21. The van der Waals surface area contributed by atoms with Gasteiger partial charge in [-0.2, -0.15) is 0 Å². The molecule has 0 saturated heterocycles. The zero-order chi connectivity index (χ0) is 9.97. The van der Waals surface area contributed by atoms with Crippen molar-refractivity contribution in [3.63, 3.8) is 0 Å². The fourth-order valence-corrected chi connectivity index (χ4v) is 2.86. The Hall–Kier alpha value is -0.720. The van der Waals surface area contributed by atoms with E-state index in [9.17, 15) is 0 Å². The van der Waals surface area contributed by atoms with Crippen LogP contribution in [0, 0.1) is 11.8 Å². The minimum absolute atomic E-state index is 0.752. The summed E-state index contributed by atoms with van der Waals surface area (Å²) in [6.45, 7) is 4.70. The van der Waals surface area contributed by atoms with Gasteiger partial charge in [-0.25, -0.2) is 0 Å². The number of furan rings is 1. The molecule has 78 valence electrons. The average molecular weight is 192 g/mol. The summed E-state index contributed by atoms with van der Waals surface area (Å²) in [7, 11) is 0. The Morgan fingerprint density at radius 2 is 2.21 bits per heavy atom. The van der Waals surface area contributed by atoms with E-state index in [-0.39, 0.29) is 0 Å². The topological polar surface area (TPSA) is 13.1 Å². The monoisotopic (exact) mass is 192 g/mol. The van der Waals surface area contributed by atoms with Gasteiger partial charge in [0.1, 0.15) is 0 Å². The summed E-state index contributed by atoms with van der Waals surface area (Å²) in [4.78, 5) is 0. The maximum absolute atomic E-state index is 5.17. The zero-order valence-electron chi connectivity index (χ0n) is 9.20. The van der Waals surface area contributed by atoms with Gasteiger partial charge < -0.3 is 4.42 Å². The molecule has 1 fully saturated rings. The molecule has 1 aliphatic rings. The van der Waals surface area contributed by atoms with Crippen LogP contribution in [0.3, 0.4) is 0 Å². The van der Waals surface area contributed by atoms with Crippen molar-refractivity contribution in [1.29, 1.82) is 0 Å². The first kappa shape index (κ1) is 9.82. The number of hydrogen-bond acceptors (Lipinski definition) is 1. The van der Waals surface area contributed by atoms with Crippen molar-refractivity contribution >= 4 is 0 Å². The highest BCUT2D eigenvalue weighted by molar-refractivity contribution is 5.13. The van der Waals surface area contributed by atoms with E-state index in [1.165, 1.54) is 31.2 Å². The summed E-state index contributed by atoms with van der Waals surface area (Å²) >= 11 is 0. The van der Waals surface area contributed by atoms with Crippen LogP contribution in [0.25, 0.3) is 0 Å². The van der Waals surface area contributed by atoms with Gasteiger partial charge in [0, 0.05) is 0 Å². The predicted molar refractivity (Wildman–Crippen MR) is 58.2 cm³/mol. The van der Waals surface area contributed by atoms with Crippen LogP contribution in [0.15, 0.2) is 23.0 Å². The first-order chi connectivity index (χ1) is 6.79. The van der Waals surface area contributed by atoms with Crippen molar-refractivity contribution < 1.29 is 4.42 Å². The molecule has 0 amide bonds. The Labute approximate surface area is 86.5 Å². The van der Waals surface area contributed by atoms with Gasteiger partial charge in [0.05, 0.1) is 12.5 Å². The Balaban J connectivity index is 2.05. The average Bonchev–Trinajstić information content (AvgIpc) is 2.69. The fourth-order valence-electron chi connectivity index (χ4n) is 2.86. The summed E-state index contributed by atoms with van der Waals surface area (Å²) in [6, 6.07) is 2.13. The van der Waals surface area contributed by atoms with Crippen molar-refractivity contribution in [3.8, 4) is 0 Å².